The van der Waals surface area contributed by atoms with E-state index in [-0.39, 0.29) is 17.8 Å². The molecule has 41 heavy (non-hydrogen) atoms. The number of halogens is 1. The Morgan fingerprint density at radius 2 is 1.90 bits per heavy atom. The molecule has 2 aliphatic rings. The van der Waals surface area contributed by atoms with Crippen molar-refractivity contribution in [1.29, 1.82) is 0 Å². The molecule has 1 saturated heterocycles. The maximum Gasteiger partial charge on any atom is 0.251 e. The Balaban J connectivity index is 1.42. The fourth-order valence-electron chi connectivity index (χ4n) is 5.99. The molecule has 5 atom stereocenters. The summed E-state index contributed by atoms with van der Waals surface area (Å²) in [6.45, 7) is 14.7. The van der Waals surface area contributed by atoms with Crippen LogP contribution in [0.5, 0.6) is 5.75 Å². The molecule has 1 heterocycles. The van der Waals surface area contributed by atoms with Crippen molar-refractivity contribution in [2.75, 3.05) is 38.6 Å². The van der Waals surface area contributed by atoms with Crippen molar-refractivity contribution in [1.82, 2.24) is 15.5 Å². The van der Waals surface area contributed by atoms with Gasteiger partial charge in [-0.25, -0.2) is 9.38 Å². The Labute approximate surface area is 245 Å². The molecule has 2 fully saturated rings. The van der Waals surface area contributed by atoms with Crippen LogP contribution in [0.4, 0.5) is 10.1 Å². The lowest BCUT2D eigenvalue weighted by atomic mass is 9.69. The van der Waals surface area contributed by atoms with Crippen molar-refractivity contribution in [2.45, 2.75) is 66.0 Å². The summed E-state index contributed by atoms with van der Waals surface area (Å²) in [7, 11) is 1.51. The van der Waals surface area contributed by atoms with E-state index in [1.165, 1.54) is 19.6 Å². The van der Waals surface area contributed by atoms with Crippen LogP contribution in [0.2, 0.25) is 0 Å². The Bertz CT molecular complexity index is 1180. The van der Waals surface area contributed by atoms with Crippen molar-refractivity contribution < 1.29 is 13.9 Å². The SMILES string of the molecule is COc1ccc(CCNC(=O)c2ccc(N/C(=N/C3C[C@H](C(C)C)C[C@H](C)[C@@H]3C)N3CCN[C@@H](C)C3)cc2)c(F)c1. The summed E-state index contributed by atoms with van der Waals surface area (Å²) < 4.78 is 19.3. The number of nitrogens with one attached hydrogen (secondary N) is 3. The molecule has 1 aliphatic heterocycles. The number of aliphatic imine (C=N–C) groups is 1. The maximum atomic E-state index is 14.2. The summed E-state index contributed by atoms with van der Waals surface area (Å²) in [5.41, 5.74) is 2.01. The molecule has 0 radical (unpaired) electrons. The lowest BCUT2D eigenvalue weighted by molar-refractivity contribution is 0.0954. The van der Waals surface area contributed by atoms with E-state index < -0.39 is 0 Å². The van der Waals surface area contributed by atoms with Crippen molar-refractivity contribution in [3.05, 3.63) is 59.4 Å². The zero-order valence-corrected chi connectivity index (χ0v) is 25.5. The minimum absolute atomic E-state index is 0.181. The van der Waals surface area contributed by atoms with Gasteiger partial charge in [0.15, 0.2) is 5.96 Å². The van der Waals surface area contributed by atoms with Gasteiger partial charge in [-0.2, -0.15) is 0 Å². The second-order valence-electron chi connectivity index (χ2n) is 12.3. The molecule has 2 aromatic rings. The van der Waals surface area contributed by atoms with E-state index in [0.29, 0.717) is 59.6 Å². The molecule has 0 spiro atoms. The average Bonchev–Trinajstić information content (AvgIpc) is 2.95. The molecular formula is C33H48FN5O2. The molecule has 1 saturated carbocycles. The number of carbonyl (C=O) groups is 1. The molecule has 4 rings (SSSR count). The van der Waals surface area contributed by atoms with Gasteiger partial charge in [-0.05, 0) is 85.8 Å². The van der Waals surface area contributed by atoms with Gasteiger partial charge in [-0.1, -0.05) is 33.8 Å². The van der Waals surface area contributed by atoms with Gasteiger partial charge in [0.1, 0.15) is 11.6 Å². The van der Waals surface area contributed by atoms with Gasteiger partial charge in [-0.3, -0.25) is 4.79 Å². The van der Waals surface area contributed by atoms with E-state index in [2.05, 4.69) is 55.5 Å². The number of amides is 1. The quantitative estimate of drug-likeness (QED) is 0.288. The molecule has 224 valence electrons. The molecule has 1 unspecified atom stereocenters. The molecule has 1 aliphatic carbocycles. The predicted molar refractivity (Wildman–Crippen MR) is 165 cm³/mol. The zero-order chi connectivity index (χ0) is 29.5. The van der Waals surface area contributed by atoms with Crippen LogP contribution >= 0.6 is 0 Å². The molecule has 0 bridgehead atoms. The van der Waals surface area contributed by atoms with Crippen LogP contribution in [0.25, 0.3) is 0 Å². The number of piperazine rings is 1. The Morgan fingerprint density at radius 3 is 2.56 bits per heavy atom. The van der Waals surface area contributed by atoms with Crippen molar-refractivity contribution in [3.63, 3.8) is 0 Å². The van der Waals surface area contributed by atoms with Crippen LogP contribution in [-0.4, -0.2) is 62.1 Å². The summed E-state index contributed by atoms with van der Waals surface area (Å²) in [4.78, 5) is 20.5. The average molecular weight is 566 g/mol. The number of hydrogen-bond donors (Lipinski definition) is 3. The lowest BCUT2D eigenvalue weighted by Gasteiger charge is -2.40. The van der Waals surface area contributed by atoms with Gasteiger partial charge in [0, 0.05) is 49.5 Å². The third kappa shape index (κ3) is 8.22. The number of anilines is 1. The second-order valence-corrected chi connectivity index (χ2v) is 12.3. The van der Waals surface area contributed by atoms with E-state index in [1.807, 2.05) is 24.3 Å². The highest BCUT2D eigenvalue weighted by atomic mass is 19.1. The second kappa shape index (κ2) is 14.2. The fraction of sp³-hybridized carbons (Fsp3) is 0.576. The Morgan fingerprint density at radius 1 is 1.15 bits per heavy atom. The number of rotatable bonds is 8. The maximum absolute atomic E-state index is 14.2. The van der Waals surface area contributed by atoms with Crippen LogP contribution in [0, 0.1) is 29.5 Å². The van der Waals surface area contributed by atoms with Crippen LogP contribution < -0.4 is 20.7 Å². The first-order valence-corrected chi connectivity index (χ1v) is 15.2. The minimum Gasteiger partial charge on any atom is -0.497 e. The largest absolute Gasteiger partial charge is 0.497 e. The highest BCUT2D eigenvalue weighted by molar-refractivity contribution is 5.96. The van der Waals surface area contributed by atoms with Crippen LogP contribution in [0.3, 0.4) is 0 Å². The number of nitrogens with zero attached hydrogens (tertiary/aromatic N) is 2. The normalized spacial score (nSPS) is 25.2. The molecule has 0 aromatic heterocycles. The topological polar surface area (TPSA) is 78.0 Å². The Kier molecular flexibility index (Phi) is 10.6. The minimum atomic E-state index is -0.331. The van der Waals surface area contributed by atoms with Crippen LogP contribution in [0.1, 0.15) is 63.4 Å². The standard InChI is InChI=1S/C33H48FN5O2/c1-21(2)27-17-22(3)24(5)31(18-27)38-33(39-16-15-35-23(4)20-39)37-28-10-7-26(8-11-28)32(40)36-14-13-25-9-12-29(41-6)19-30(25)34/h7-12,19,21-24,27,31,35H,13-18,20H2,1-6H3,(H,36,40)(H,37,38)/t22-,23-,24-,27+,31?/m0/s1. The van der Waals surface area contributed by atoms with E-state index in [4.69, 9.17) is 9.73 Å². The van der Waals surface area contributed by atoms with E-state index in [0.717, 1.165) is 37.7 Å². The van der Waals surface area contributed by atoms with Gasteiger partial charge in [0.2, 0.25) is 0 Å². The number of benzene rings is 2. The van der Waals surface area contributed by atoms with Crippen molar-refractivity contribution in [3.8, 4) is 5.75 Å². The lowest BCUT2D eigenvalue weighted by Crippen LogP contribution is -2.53. The number of carbonyl (C=O) groups excluding carboxylic acids is 1. The first-order valence-electron chi connectivity index (χ1n) is 15.2. The first-order chi connectivity index (χ1) is 19.6. The Hall–Kier alpha value is -3.13. The summed E-state index contributed by atoms with van der Waals surface area (Å²) in [6, 6.07) is 13.0. The van der Waals surface area contributed by atoms with Gasteiger partial charge in [-0.15, -0.1) is 0 Å². The number of ether oxygens (including phenoxy) is 1. The molecule has 2 aromatic carbocycles. The number of hydrogen-bond acceptors (Lipinski definition) is 4. The summed E-state index contributed by atoms with van der Waals surface area (Å²) in [6.07, 6.45) is 2.80. The number of guanidine groups is 1. The predicted octanol–water partition coefficient (Wildman–Crippen LogP) is 5.58. The third-order valence-electron chi connectivity index (χ3n) is 8.97. The first kappa shape index (κ1) is 30.8. The van der Waals surface area contributed by atoms with Gasteiger partial charge >= 0.3 is 0 Å². The van der Waals surface area contributed by atoms with Crippen LogP contribution in [0.15, 0.2) is 47.5 Å². The highest BCUT2D eigenvalue weighted by Gasteiger charge is 2.35. The van der Waals surface area contributed by atoms with Crippen molar-refractivity contribution in [2.24, 2.45) is 28.7 Å². The van der Waals surface area contributed by atoms with Gasteiger partial charge in [0.25, 0.3) is 5.91 Å². The van der Waals surface area contributed by atoms with Gasteiger partial charge in [0.05, 0.1) is 13.2 Å². The number of methoxy groups -OCH3 is 1. The smallest absolute Gasteiger partial charge is 0.251 e. The monoisotopic (exact) mass is 565 g/mol. The molecule has 3 N–H and O–H groups in total. The molecular weight excluding hydrogens is 517 g/mol. The summed E-state index contributed by atoms with van der Waals surface area (Å²) >= 11 is 0. The molecule has 8 heteroatoms. The van der Waals surface area contributed by atoms with E-state index in [1.54, 1.807) is 12.1 Å². The third-order valence-corrected chi connectivity index (χ3v) is 8.97. The summed E-state index contributed by atoms with van der Waals surface area (Å²) in [5.74, 6) is 3.41. The highest BCUT2D eigenvalue weighted by Crippen LogP contribution is 2.39. The van der Waals surface area contributed by atoms with Crippen LogP contribution in [-0.2, 0) is 6.42 Å². The fourth-order valence-corrected chi connectivity index (χ4v) is 5.99. The van der Waals surface area contributed by atoms with Crippen molar-refractivity contribution >= 4 is 17.6 Å². The molecule has 7 nitrogen and oxygen atoms in total. The van der Waals surface area contributed by atoms with Gasteiger partial charge < -0.3 is 25.6 Å². The summed E-state index contributed by atoms with van der Waals surface area (Å²) in [5, 5.41) is 10.0. The molecule has 1 amide bonds. The van der Waals surface area contributed by atoms with E-state index >= 15 is 0 Å². The zero-order valence-electron chi connectivity index (χ0n) is 25.5. The van der Waals surface area contributed by atoms with E-state index in [9.17, 15) is 9.18 Å².